The SMILES string of the molecule is COc1ccc(C(c2ccc(OC)cc2)N2CC(CS(=O)(=O)Nc3cccc(F)c3)C2)cc1. The average Bonchev–Trinajstić information content (AvgIpc) is 2.78. The Morgan fingerprint density at radius 1 is 0.939 bits per heavy atom. The summed E-state index contributed by atoms with van der Waals surface area (Å²) in [6.45, 7) is 1.26. The molecule has 0 spiro atoms. The maximum Gasteiger partial charge on any atom is 0.233 e. The summed E-state index contributed by atoms with van der Waals surface area (Å²) in [5.74, 6) is 1.05. The third kappa shape index (κ3) is 5.64. The molecule has 3 aromatic carbocycles. The minimum Gasteiger partial charge on any atom is -0.497 e. The highest BCUT2D eigenvalue weighted by Gasteiger charge is 2.36. The third-order valence-corrected chi connectivity index (χ3v) is 7.22. The van der Waals surface area contributed by atoms with Crippen molar-refractivity contribution < 1.29 is 22.3 Å². The predicted octanol–water partition coefficient (Wildman–Crippen LogP) is 4.31. The number of sulfonamides is 1. The first-order valence-electron chi connectivity index (χ1n) is 10.6. The summed E-state index contributed by atoms with van der Waals surface area (Å²) in [5.41, 5.74) is 2.43. The first-order valence-corrected chi connectivity index (χ1v) is 12.3. The van der Waals surface area contributed by atoms with Crippen molar-refractivity contribution in [3.8, 4) is 11.5 Å². The lowest BCUT2D eigenvalue weighted by atomic mass is 9.91. The summed E-state index contributed by atoms with van der Waals surface area (Å²) in [6.07, 6.45) is 0. The van der Waals surface area contributed by atoms with Crippen LogP contribution in [0.15, 0.2) is 72.8 Å². The summed E-state index contributed by atoms with van der Waals surface area (Å²) >= 11 is 0. The molecule has 1 saturated heterocycles. The van der Waals surface area contributed by atoms with Gasteiger partial charge in [0.2, 0.25) is 10.0 Å². The van der Waals surface area contributed by atoms with Gasteiger partial charge in [-0.05, 0) is 53.6 Å². The molecule has 1 fully saturated rings. The molecule has 0 unspecified atom stereocenters. The number of benzene rings is 3. The molecule has 1 N–H and O–H groups in total. The summed E-state index contributed by atoms with van der Waals surface area (Å²) in [6, 6.07) is 21.3. The number of nitrogens with one attached hydrogen (secondary N) is 1. The minimum atomic E-state index is -3.58. The van der Waals surface area contributed by atoms with Crippen molar-refractivity contribution in [2.75, 3.05) is 37.8 Å². The van der Waals surface area contributed by atoms with Gasteiger partial charge in [0.1, 0.15) is 17.3 Å². The Morgan fingerprint density at radius 2 is 1.48 bits per heavy atom. The lowest BCUT2D eigenvalue weighted by molar-refractivity contribution is 0.0812. The van der Waals surface area contributed by atoms with Crippen LogP contribution in [-0.2, 0) is 10.0 Å². The van der Waals surface area contributed by atoms with E-state index in [0.29, 0.717) is 13.1 Å². The minimum absolute atomic E-state index is 0.0159. The largest absolute Gasteiger partial charge is 0.497 e. The van der Waals surface area contributed by atoms with Gasteiger partial charge in [0.15, 0.2) is 0 Å². The van der Waals surface area contributed by atoms with Crippen LogP contribution in [-0.4, -0.2) is 46.4 Å². The molecule has 0 amide bonds. The molecule has 0 bridgehead atoms. The Hall–Kier alpha value is -3.10. The van der Waals surface area contributed by atoms with Crippen LogP contribution >= 0.6 is 0 Å². The van der Waals surface area contributed by atoms with E-state index in [1.54, 1.807) is 14.2 Å². The Kier molecular flexibility index (Phi) is 6.85. The fourth-order valence-corrected chi connectivity index (χ4v) is 5.60. The van der Waals surface area contributed by atoms with Gasteiger partial charge in [-0.15, -0.1) is 0 Å². The van der Waals surface area contributed by atoms with Crippen molar-refractivity contribution in [2.24, 2.45) is 5.92 Å². The van der Waals surface area contributed by atoms with E-state index < -0.39 is 15.8 Å². The highest BCUT2D eigenvalue weighted by Crippen LogP contribution is 2.36. The van der Waals surface area contributed by atoms with Crippen LogP contribution in [0.1, 0.15) is 17.2 Å². The molecule has 1 aliphatic heterocycles. The van der Waals surface area contributed by atoms with Gasteiger partial charge < -0.3 is 9.47 Å². The van der Waals surface area contributed by atoms with Crippen molar-refractivity contribution in [1.29, 1.82) is 0 Å². The Morgan fingerprint density at radius 3 is 1.97 bits per heavy atom. The average molecular weight is 471 g/mol. The van der Waals surface area contributed by atoms with Crippen molar-refractivity contribution >= 4 is 15.7 Å². The van der Waals surface area contributed by atoms with Crippen LogP contribution in [0.4, 0.5) is 10.1 Å². The standard InChI is InChI=1S/C25H27FN2O4S/c1-31-23-10-6-19(7-11-23)25(20-8-12-24(32-2)13-9-20)28-15-18(16-28)17-33(29,30)27-22-5-3-4-21(26)14-22/h3-14,18,25,27H,15-17H2,1-2H3. The monoisotopic (exact) mass is 470 g/mol. The molecule has 8 heteroatoms. The van der Waals surface area contributed by atoms with Crippen LogP contribution in [0.25, 0.3) is 0 Å². The normalized spacial score (nSPS) is 14.7. The molecule has 33 heavy (non-hydrogen) atoms. The maximum atomic E-state index is 13.4. The number of rotatable bonds is 9. The van der Waals surface area contributed by atoms with Crippen molar-refractivity contribution in [2.45, 2.75) is 6.04 Å². The number of methoxy groups -OCH3 is 2. The molecule has 1 heterocycles. The second kappa shape index (κ2) is 9.80. The second-order valence-corrected chi connectivity index (χ2v) is 9.93. The fraction of sp³-hybridized carbons (Fsp3) is 0.280. The Labute approximate surface area is 194 Å². The maximum absolute atomic E-state index is 13.4. The van der Waals surface area contributed by atoms with E-state index in [9.17, 15) is 12.8 Å². The van der Waals surface area contributed by atoms with E-state index >= 15 is 0 Å². The lowest BCUT2D eigenvalue weighted by Gasteiger charge is -2.44. The highest BCUT2D eigenvalue weighted by atomic mass is 32.2. The third-order valence-electron chi connectivity index (χ3n) is 5.77. The van der Waals surface area contributed by atoms with Gasteiger partial charge in [-0.3, -0.25) is 9.62 Å². The molecule has 0 aliphatic carbocycles. The van der Waals surface area contributed by atoms with Gasteiger partial charge in [0.25, 0.3) is 0 Å². The van der Waals surface area contributed by atoms with Crippen LogP contribution in [0.5, 0.6) is 11.5 Å². The molecule has 0 saturated carbocycles. The van der Waals surface area contributed by atoms with Crippen molar-refractivity contribution in [3.05, 3.63) is 89.7 Å². The first-order chi connectivity index (χ1) is 15.9. The van der Waals surface area contributed by atoms with Crippen LogP contribution in [0, 0.1) is 11.7 Å². The smallest absolute Gasteiger partial charge is 0.233 e. The van der Waals surface area contributed by atoms with Gasteiger partial charge in [-0.25, -0.2) is 12.8 Å². The molecular weight excluding hydrogens is 443 g/mol. The summed E-state index contributed by atoms with van der Waals surface area (Å²) < 4.78 is 51.6. The molecule has 4 rings (SSSR count). The molecular formula is C25H27FN2O4S. The van der Waals surface area contributed by atoms with E-state index in [1.165, 1.54) is 24.3 Å². The zero-order chi connectivity index (χ0) is 23.4. The number of ether oxygens (including phenoxy) is 2. The lowest BCUT2D eigenvalue weighted by Crippen LogP contribution is -2.51. The quantitative estimate of drug-likeness (QED) is 0.505. The molecule has 0 atom stereocenters. The molecule has 6 nitrogen and oxygen atoms in total. The first kappa shape index (κ1) is 23.1. The summed E-state index contributed by atoms with van der Waals surface area (Å²) in [7, 11) is -0.318. The van der Waals surface area contributed by atoms with E-state index in [1.807, 2.05) is 48.5 Å². The van der Waals surface area contributed by atoms with E-state index in [2.05, 4.69) is 9.62 Å². The van der Waals surface area contributed by atoms with Crippen LogP contribution in [0.2, 0.25) is 0 Å². The van der Waals surface area contributed by atoms with Gasteiger partial charge in [-0.1, -0.05) is 30.3 Å². The second-order valence-electron chi connectivity index (χ2n) is 8.16. The number of likely N-dealkylation sites (tertiary alicyclic amines) is 1. The number of nitrogens with zero attached hydrogens (tertiary/aromatic N) is 1. The molecule has 1 aliphatic rings. The predicted molar refractivity (Wildman–Crippen MR) is 127 cm³/mol. The topological polar surface area (TPSA) is 67.9 Å². The van der Waals surface area contributed by atoms with E-state index in [4.69, 9.17) is 9.47 Å². The van der Waals surface area contributed by atoms with Crippen molar-refractivity contribution in [1.82, 2.24) is 4.90 Å². The molecule has 174 valence electrons. The van der Waals surface area contributed by atoms with Gasteiger partial charge in [-0.2, -0.15) is 0 Å². The molecule has 3 aromatic rings. The Balaban J connectivity index is 1.47. The van der Waals surface area contributed by atoms with Crippen molar-refractivity contribution in [3.63, 3.8) is 0 Å². The summed E-state index contributed by atoms with van der Waals surface area (Å²) in [5, 5.41) is 0. The number of anilines is 1. The zero-order valence-electron chi connectivity index (χ0n) is 18.6. The van der Waals surface area contributed by atoms with E-state index in [0.717, 1.165) is 22.6 Å². The molecule has 0 aromatic heterocycles. The Bertz CT molecular complexity index is 1130. The fourth-order valence-electron chi connectivity index (χ4n) is 4.20. The number of hydrogen-bond donors (Lipinski definition) is 1. The van der Waals surface area contributed by atoms with Gasteiger partial charge >= 0.3 is 0 Å². The van der Waals surface area contributed by atoms with Crippen LogP contribution in [0.3, 0.4) is 0 Å². The van der Waals surface area contributed by atoms with E-state index in [-0.39, 0.29) is 23.4 Å². The summed E-state index contributed by atoms with van der Waals surface area (Å²) in [4.78, 5) is 2.26. The molecule has 0 radical (unpaired) electrons. The van der Waals surface area contributed by atoms with Gasteiger partial charge in [0, 0.05) is 19.0 Å². The van der Waals surface area contributed by atoms with Gasteiger partial charge in [0.05, 0.1) is 31.7 Å². The number of halogens is 1. The highest BCUT2D eigenvalue weighted by molar-refractivity contribution is 7.92. The zero-order valence-corrected chi connectivity index (χ0v) is 19.4. The number of hydrogen-bond acceptors (Lipinski definition) is 5. The van der Waals surface area contributed by atoms with Crippen LogP contribution < -0.4 is 14.2 Å².